The Bertz CT molecular complexity index is 756. The van der Waals surface area contributed by atoms with Crippen molar-refractivity contribution in [1.82, 2.24) is 4.31 Å². The molecule has 1 aromatic carbocycles. The van der Waals surface area contributed by atoms with Crippen LogP contribution < -0.4 is 5.32 Å². The van der Waals surface area contributed by atoms with E-state index in [4.69, 9.17) is 0 Å². The highest BCUT2D eigenvalue weighted by molar-refractivity contribution is 7.98. The van der Waals surface area contributed by atoms with Crippen LogP contribution in [0.15, 0.2) is 41.8 Å². The molecule has 3 rings (SSSR count). The lowest BCUT2D eigenvalue weighted by Gasteiger charge is -2.47. The number of rotatable bonds is 4. The molecule has 2 aliphatic rings. The van der Waals surface area contributed by atoms with Gasteiger partial charge in [0.25, 0.3) is 0 Å². The number of nitrogens with zero attached hydrogens (tertiary/aromatic N) is 1. The van der Waals surface area contributed by atoms with Gasteiger partial charge >= 0.3 is 0 Å². The van der Waals surface area contributed by atoms with E-state index in [1.165, 1.54) is 10.4 Å². The molecule has 1 N–H and O–H groups in total. The quantitative estimate of drug-likeness (QED) is 0.507. The largest absolute Gasteiger partial charge is 0.323 e. The van der Waals surface area contributed by atoms with Crippen LogP contribution in [0, 0.1) is 16.7 Å². The number of imide groups is 1. The predicted molar refractivity (Wildman–Crippen MR) is 97.6 cm³/mol. The van der Waals surface area contributed by atoms with Crippen molar-refractivity contribution in [1.29, 1.82) is 0 Å². The number of hydrogen-bond donors (Lipinski definition) is 1. The molecule has 1 saturated carbocycles. The minimum Gasteiger partial charge on any atom is -0.323 e. The number of carbonyl (C=O) groups excluding carboxylic acids is 3. The van der Waals surface area contributed by atoms with Crippen LogP contribution in [-0.2, 0) is 14.4 Å². The summed E-state index contributed by atoms with van der Waals surface area (Å²) in [5.41, 5.74) is -0.174. The van der Waals surface area contributed by atoms with Gasteiger partial charge in [-0.25, -0.2) is 4.31 Å². The van der Waals surface area contributed by atoms with E-state index in [-0.39, 0.29) is 29.1 Å². The standard InChI is InChI=1S/C19H22N2O3S/c1-5-15(22)20-12-6-8-13(9-7-12)25-21-16(23)14-10-11-19(4,17(21)24)18(14,2)3/h5-9,14H,1,10-11H2,2-4H3,(H,20,22). The van der Waals surface area contributed by atoms with Gasteiger partial charge in [0.2, 0.25) is 17.7 Å². The highest BCUT2D eigenvalue weighted by Crippen LogP contribution is 2.61. The van der Waals surface area contributed by atoms with Gasteiger partial charge < -0.3 is 5.32 Å². The highest BCUT2D eigenvalue weighted by Gasteiger charge is 2.64. The maximum atomic E-state index is 13.0. The van der Waals surface area contributed by atoms with Crippen molar-refractivity contribution < 1.29 is 14.4 Å². The second kappa shape index (κ2) is 6.02. The summed E-state index contributed by atoms with van der Waals surface area (Å²) in [7, 11) is 0. The molecule has 2 bridgehead atoms. The fourth-order valence-corrected chi connectivity index (χ4v) is 4.74. The minimum absolute atomic E-state index is 0.0981. The maximum Gasteiger partial charge on any atom is 0.247 e. The third-order valence-electron chi connectivity index (χ3n) is 5.88. The topological polar surface area (TPSA) is 66.5 Å². The fourth-order valence-electron chi connectivity index (χ4n) is 3.77. The monoisotopic (exact) mass is 358 g/mol. The average Bonchev–Trinajstić information content (AvgIpc) is 2.77. The summed E-state index contributed by atoms with van der Waals surface area (Å²) in [6.07, 6.45) is 2.71. The smallest absolute Gasteiger partial charge is 0.247 e. The summed E-state index contributed by atoms with van der Waals surface area (Å²) in [5, 5.41) is 2.67. The fraction of sp³-hybridized carbons (Fsp3) is 0.421. The summed E-state index contributed by atoms with van der Waals surface area (Å²) in [6.45, 7) is 9.44. The van der Waals surface area contributed by atoms with Crippen molar-refractivity contribution in [2.45, 2.75) is 38.5 Å². The number of amides is 3. The third kappa shape index (κ3) is 2.68. The van der Waals surface area contributed by atoms with Gasteiger partial charge in [0.1, 0.15) is 0 Å². The Labute approximate surface area is 152 Å². The Morgan fingerprint density at radius 1 is 1.28 bits per heavy atom. The molecule has 6 heteroatoms. The van der Waals surface area contributed by atoms with Crippen molar-refractivity contribution in [3.05, 3.63) is 36.9 Å². The second-order valence-corrected chi connectivity index (χ2v) is 8.41. The zero-order valence-corrected chi connectivity index (χ0v) is 15.5. The first-order valence-corrected chi connectivity index (χ1v) is 9.08. The van der Waals surface area contributed by atoms with Crippen LogP contribution in [0.1, 0.15) is 33.6 Å². The van der Waals surface area contributed by atoms with Gasteiger partial charge in [-0.1, -0.05) is 27.4 Å². The Kier molecular flexibility index (Phi) is 4.27. The molecule has 0 radical (unpaired) electrons. The summed E-state index contributed by atoms with van der Waals surface area (Å²) in [6, 6.07) is 7.05. The molecule has 25 heavy (non-hydrogen) atoms. The number of fused-ring (bicyclic) bond motifs is 2. The minimum atomic E-state index is -0.504. The molecular formula is C19H22N2O3S. The lowest BCUT2D eigenvalue weighted by atomic mass is 9.63. The summed E-state index contributed by atoms with van der Waals surface area (Å²) >= 11 is 1.16. The Morgan fingerprint density at radius 2 is 1.92 bits per heavy atom. The van der Waals surface area contributed by atoms with Gasteiger partial charge in [-0.2, -0.15) is 0 Å². The number of benzene rings is 1. The molecule has 5 nitrogen and oxygen atoms in total. The first kappa shape index (κ1) is 17.7. The van der Waals surface area contributed by atoms with Gasteiger partial charge in [-0.15, -0.1) is 0 Å². The molecule has 2 fully saturated rings. The van der Waals surface area contributed by atoms with Gasteiger partial charge in [0.15, 0.2) is 0 Å². The number of hydrogen-bond acceptors (Lipinski definition) is 4. The van der Waals surface area contributed by atoms with Crippen molar-refractivity contribution in [2.24, 2.45) is 16.7 Å². The van der Waals surface area contributed by atoms with E-state index < -0.39 is 5.41 Å². The molecule has 0 spiro atoms. The molecule has 0 aromatic heterocycles. The molecule has 2 atom stereocenters. The zero-order valence-electron chi connectivity index (χ0n) is 14.7. The van der Waals surface area contributed by atoms with Crippen LogP contribution in [0.4, 0.5) is 5.69 Å². The molecule has 3 amide bonds. The molecular weight excluding hydrogens is 336 g/mol. The lowest BCUT2D eigenvalue weighted by Crippen LogP contribution is -2.56. The zero-order chi connectivity index (χ0) is 18.4. The van der Waals surface area contributed by atoms with Crippen LogP contribution >= 0.6 is 11.9 Å². The number of anilines is 1. The van der Waals surface area contributed by atoms with Gasteiger partial charge in [0, 0.05) is 16.5 Å². The van der Waals surface area contributed by atoms with Crippen LogP contribution in [0.5, 0.6) is 0 Å². The summed E-state index contributed by atoms with van der Waals surface area (Å²) < 4.78 is 1.33. The first-order valence-electron chi connectivity index (χ1n) is 8.30. The van der Waals surface area contributed by atoms with E-state index in [1.807, 2.05) is 20.8 Å². The second-order valence-electron chi connectivity index (χ2n) is 7.39. The molecule has 1 aliphatic heterocycles. The van der Waals surface area contributed by atoms with Crippen LogP contribution in [0.2, 0.25) is 0 Å². The van der Waals surface area contributed by atoms with E-state index in [1.54, 1.807) is 24.3 Å². The van der Waals surface area contributed by atoms with Gasteiger partial charge in [0.05, 0.1) is 5.41 Å². The van der Waals surface area contributed by atoms with E-state index in [2.05, 4.69) is 11.9 Å². The Hall–Kier alpha value is -2.08. The summed E-state index contributed by atoms with van der Waals surface area (Å²) in [5.74, 6) is -0.605. The van der Waals surface area contributed by atoms with Gasteiger partial charge in [-0.05, 0) is 60.5 Å². The SMILES string of the molecule is C=CC(=O)Nc1ccc(SN2C(=O)C3CCC(C)(C2=O)C3(C)C)cc1. The lowest BCUT2D eigenvalue weighted by molar-refractivity contribution is -0.159. The summed E-state index contributed by atoms with van der Waals surface area (Å²) in [4.78, 5) is 37.9. The van der Waals surface area contributed by atoms with Crippen LogP contribution in [0.3, 0.4) is 0 Å². The molecule has 132 valence electrons. The third-order valence-corrected chi connectivity index (χ3v) is 6.90. The predicted octanol–water partition coefficient (Wildman–Crippen LogP) is 3.63. The van der Waals surface area contributed by atoms with E-state index in [0.717, 1.165) is 29.7 Å². The van der Waals surface area contributed by atoms with Crippen molar-refractivity contribution in [2.75, 3.05) is 5.32 Å². The van der Waals surface area contributed by atoms with Gasteiger partial charge in [-0.3, -0.25) is 14.4 Å². The normalized spacial score (nSPS) is 27.3. The average molecular weight is 358 g/mol. The van der Waals surface area contributed by atoms with E-state index in [9.17, 15) is 14.4 Å². The number of carbonyl (C=O) groups is 3. The van der Waals surface area contributed by atoms with E-state index in [0.29, 0.717) is 5.69 Å². The van der Waals surface area contributed by atoms with Crippen LogP contribution in [0.25, 0.3) is 0 Å². The van der Waals surface area contributed by atoms with Crippen molar-refractivity contribution >= 4 is 35.4 Å². The molecule has 1 saturated heterocycles. The Balaban J connectivity index is 1.79. The molecule has 1 aromatic rings. The van der Waals surface area contributed by atoms with Crippen LogP contribution in [-0.4, -0.2) is 22.0 Å². The number of piperidine rings is 1. The van der Waals surface area contributed by atoms with E-state index >= 15 is 0 Å². The first-order chi connectivity index (χ1) is 11.7. The Morgan fingerprint density at radius 3 is 2.52 bits per heavy atom. The highest BCUT2D eigenvalue weighted by atomic mass is 32.2. The van der Waals surface area contributed by atoms with Crippen molar-refractivity contribution in [3.8, 4) is 0 Å². The molecule has 1 heterocycles. The maximum absolute atomic E-state index is 13.0. The molecule has 2 unspecified atom stereocenters. The number of nitrogens with one attached hydrogen (secondary N) is 1. The van der Waals surface area contributed by atoms with Crippen molar-refractivity contribution in [3.63, 3.8) is 0 Å². The molecule has 1 aliphatic carbocycles.